The SMILES string of the molecule is Cc1cc(CNc2nnc(C(C)N)o2)no1. The minimum absolute atomic E-state index is 0.266. The van der Waals surface area contributed by atoms with E-state index in [0.717, 1.165) is 11.5 Å². The minimum Gasteiger partial charge on any atom is -0.406 e. The van der Waals surface area contributed by atoms with Crippen LogP contribution in [0.25, 0.3) is 0 Å². The lowest BCUT2D eigenvalue weighted by Crippen LogP contribution is -2.04. The predicted octanol–water partition coefficient (Wildman–Crippen LogP) is 0.998. The van der Waals surface area contributed by atoms with Crippen molar-refractivity contribution >= 4 is 6.01 Å². The third-order valence-electron chi connectivity index (χ3n) is 1.93. The van der Waals surface area contributed by atoms with Crippen LogP contribution in [0, 0.1) is 6.92 Å². The van der Waals surface area contributed by atoms with Crippen LogP contribution in [-0.4, -0.2) is 15.4 Å². The zero-order valence-electron chi connectivity index (χ0n) is 9.10. The molecule has 3 N–H and O–H groups in total. The maximum absolute atomic E-state index is 5.59. The molecule has 86 valence electrons. The van der Waals surface area contributed by atoms with Crippen molar-refractivity contribution in [3.8, 4) is 0 Å². The number of nitrogens with two attached hydrogens (primary N) is 1. The zero-order chi connectivity index (χ0) is 11.5. The number of aryl methyl sites for hydroxylation is 1. The van der Waals surface area contributed by atoms with Gasteiger partial charge in [0.2, 0.25) is 5.89 Å². The van der Waals surface area contributed by atoms with Gasteiger partial charge in [-0.05, 0) is 13.8 Å². The number of hydrogen-bond acceptors (Lipinski definition) is 7. The molecule has 0 fully saturated rings. The van der Waals surface area contributed by atoms with Gasteiger partial charge in [-0.1, -0.05) is 10.3 Å². The Hall–Kier alpha value is -1.89. The molecule has 2 rings (SSSR count). The molecule has 1 unspecified atom stereocenters. The molecule has 0 amide bonds. The highest BCUT2D eigenvalue weighted by atomic mass is 16.5. The van der Waals surface area contributed by atoms with E-state index in [-0.39, 0.29) is 6.04 Å². The van der Waals surface area contributed by atoms with Crippen LogP contribution >= 0.6 is 0 Å². The van der Waals surface area contributed by atoms with Gasteiger partial charge in [0, 0.05) is 6.07 Å². The van der Waals surface area contributed by atoms with Crippen molar-refractivity contribution in [2.75, 3.05) is 5.32 Å². The van der Waals surface area contributed by atoms with Crippen molar-refractivity contribution in [2.24, 2.45) is 5.73 Å². The second kappa shape index (κ2) is 4.31. The van der Waals surface area contributed by atoms with Gasteiger partial charge < -0.3 is 20.0 Å². The molecule has 0 aliphatic rings. The molecular weight excluding hydrogens is 210 g/mol. The summed E-state index contributed by atoms with van der Waals surface area (Å²) in [6, 6.07) is 1.89. The summed E-state index contributed by atoms with van der Waals surface area (Å²) < 4.78 is 10.2. The molecule has 0 radical (unpaired) electrons. The van der Waals surface area contributed by atoms with Gasteiger partial charge in [-0.25, -0.2) is 0 Å². The number of rotatable bonds is 4. The summed E-state index contributed by atoms with van der Waals surface area (Å²) in [4.78, 5) is 0. The highest BCUT2D eigenvalue weighted by Crippen LogP contribution is 2.12. The number of nitrogens with zero attached hydrogens (tertiary/aromatic N) is 3. The average Bonchev–Trinajstić information content (AvgIpc) is 2.83. The molecule has 2 aromatic heterocycles. The van der Waals surface area contributed by atoms with Gasteiger partial charge in [-0.15, -0.1) is 5.10 Å². The molecule has 1 atom stereocenters. The third-order valence-corrected chi connectivity index (χ3v) is 1.93. The first-order chi connectivity index (χ1) is 7.65. The number of aromatic nitrogens is 3. The molecule has 0 saturated carbocycles. The molecular formula is C9H13N5O2. The fourth-order valence-corrected chi connectivity index (χ4v) is 1.16. The molecule has 7 nitrogen and oxygen atoms in total. The van der Waals surface area contributed by atoms with E-state index in [9.17, 15) is 0 Å². The summed E-state index contributed by atoms with van der Waals surface area (Å²) in [6.45, 7) is 4.08. The van der Waals surface area contributed by atoms with Crippen LogP contribution in [-0.2, 0) is 6.54 Å². The van der Waals surface area contributed by atoms with Crippen LogP contribution in [0.15, 0.2) is 15.0 Å². The van der Waals surface area contributed by atoms with Gasteiger partial charge in [-0.3, -0.25) is 0 Å². The van der Waals surface area contributed by atoms with Gasteiger partial charge >= 0.3 is 6.01 Å². The van der Waals surface area contributed by atoms with E-state index in [2.05, 4.69) is 20.7 Å². The van der Waals surface area contributed by atoms with Gasteiger partial charge in [0.1, 0.15) is 11.5 Å². The summed E-state index contributed by atoms with van der Waals surface area (Å²) in [6.07, 6.45) is 0. The van der Waals surface area contributed by atoms with Crippen molar-refractivity contribution < 1.29 is 8.94 Å². The summed E-state index contributed by atoms with van der Waals surface area (Å²) in [5, 5.41) is 14.3. The predicted molar refractivity (Wildman–Crippen MR) is 55.5 cm³/mol. The van der Waals surface area contributed by atoms with E-state index < -0.39 is 0 Å². The second-order valence-corrected chi connectivity index (χ2v) is 3.52. The topological polar surface area (TPSA) is 103 Å². The smallest absolute Gasteiger partial charge is 0.315 e. The number of anilines is 1. The Morgan fingerprint density at radius 1 is 1.50 bits per heavy atom. The monoisotopic (exact) mass is 223 g/mol. The first-order valence-electron chi connectivity index (χ1n) is 4.90. The zero-order valence-corrected chi connectivity index (χ0v) is 9.10. The Bertz CT molecular complexity index is 462. The van der Waals surface area contributed by atoms with Crippen LogP contribution < -0.4 is 11.1 Å². The molecule has 0 saturated heterocycles. The lowest BCUT2D eigenvalue weighted by Gasteiger charge is -1.97. The maximum atomic E-state index is 5.59. The average molecular weight is 223 g/mol. The van der Waals surface area contributed by atoms with E-state index in [1.807, 2.05) is 13.0 Å². The molecule has 16 heavy (non-hydrogen) atoms. The summed E-state index contributed by atoms with van der Waals surface area (Å²) in [5.41, 5.74) is 6.36. The highest BCUT2D eigenvalue weighted by molar-refractivity contribution is 5.20. The van der Waals surface area contributed by atoms with Gasteiger partial charge in [0.15, 0.2) is 0 Å². The van der Waals surface area contributed by atoms with E-state index in [1.54, 1.807) is 6.92 Å². The lowest BCUT2D eigenvalue weighted by molar-refractivity contribution is 0.391. The van der Waals surface area contributed by atoms with Crippen LogP contribution in [0.3, 0.4) is 0 Å². The van der Waals surface area contributed by atoms with Crippen LogP contribution in [0.4, 0.5) is 6.01 Å². The van der Waals surface area contributed by atoms with Crippen LogP contribution in [0.1, 0.15) is 30.3 Å². The molecule has 0 spiro atoms. The fourth-order valence-electron chi connectivity index (χ4n) is 1.16. The van der Waals surface area contributed by atoms with E-state index in [0.29, 0.717) is 18.5 Å². The van der Waals surface area contributed by atoms with Gasteiger partial charge in [0.25, 0.3) is 0 Å². The second-order valence-electron chi connectivity index (χ2n) is 3.52. The van der Waals surface area contributed by atoms with E-state index >= 15 is 0 Å². The standard InChI is InChI=1S/C9H13N5O2/c1-5-3-7(14-16-5)4-11-9-13-12-8(15-9)6(2)10/h3,6H,4,10H2,1-2H3,(H,11,13). The number of nitrogens with one attached hydrogen (secondary N) is 1. The first kappa shape index (κ1) is 10.6. The maximum Gasteiger partial charge on any atom is 0.315 e. The van der Waals surface area contributed by atoms with Crippen molar-refractivity contribution in [2.45, 2.75) is 26.4 Å². The molecule has 7 heteroatoms. The Kier molecular flexibility index (Phi) is 2.86. The van der Waals surface area contributed by atoms with E-state index in [1.165, 1.54) is 0 Å². The molecule has 0 aromatic carbocycles. The third kappa shape index (κ3) is 2.37. The molecule has 0 aliphatic heterocycles. The number of hydrogen-bond donors (Lipinski definition) is 2. The molecule has 2 heterocycles. The van der Waals surface area contributed by atoms with Crippen molar-refractivity contribution in [3.63, 3.8) is 0 Å². The van der Waals surface area contributed by atoms with Gasteiger partial charge in [-0.2, -0.15) is 0 Å². The van der Waals surface area contributed by atoms with Crippen LogP contribution in [0.2, 0.25) is 0 Å². The van der Waals surface area contributed by atoms with Crippen molar-refractivity contribution in [1.82, 2.24) is 15.4 Å². The molecule has 0 aliphatic carbocycles. The summed E-state index contributed by atoms with van der Waals surface area (Å²) >= 11 is 0. The Morgan fingerprint density at radius 2 is 2.31 bits per heavy atom. The molecule has 2 aromatic rings. The minimum atomic E-state index is -0.266. The fraction of sp³-hybridized carbons (Fsp3) is 0.444. The Labute approximate surface area is 92.0 Å². The summed E-state index contributed by atoms with van der Waals surface area (Å²) in [5.74, 6) is 1.16. The molecule has 0 bridgehead atoms. The quantitative estimate of drug-likeness (QED) is 0.796. The first-order valence-corrected chi connectivity index (χ1v) is 4.90. The van der Waals surface area contributed by atoms with Crippen molar-refractivity contribution in [3.05, 3.63) is 23.4 Å². The highest BCUT2D eigenvalue weighted by Gasteiger charge is 2.09. The Morgan fingerprint density at radius 3 is 2.88 bits per heavy atom. The van der Waals surface area contributed by atoms with Crippen molar-refractivity contribution in [1.29, 1.82) is 0 Å². The Balaban J connectivity index is 1.94. The normalized spacial score (nSPS) is 12.7. The lowest BCUT2D eigenvalue weighted by atomic mass is 10.4. The van der Waals surface area contributed by atoms with E-state index in [4.69, 9.17) is 14.7 Å². The largest absolute Gasteiger partial charge is 0.406 e. The summed E-state index contributed by atoms with van der Waals surface area (Å²) in [7, 11) is 0. The van der Waals surface area contributed by atoms with Gasteiger partial charge in [0.05, 0.1) is 12.6 Å². The van der Waals surface area contributed by atoms with Crippen LogP contribution in [0.5, 0.6) is 0 Å².